The first kappa shape index (κ1) is 20.3. The van der Waals surface area contributed by atoms with E-state index in [0.29, 0.717) is 17.1 Å². The minimum atomic E-state index is -3.66. The van der Waals surface area contributed by atoms with E-state index in [1.54, 1.807) is 31.2 Å². The zero-order valence-corrected chi connectivity index (χ0v) is 16.6. The molecule has 0 heterocycles. The van der Waals surface area contributed by atoms with E-state index in [0.717, 1.165) is 16.1 Å². The van der Waals surface area contributed by atoms with Crippen molar-refractivity contribution in [1.82, 2.24) is 5.32 Å². The van der Waals surface area contributed by atoms with E-state index in [-0.39, 0.29) is 11.9 Å². The molecule has 0 fully saturated rings. The first-order valence-electron chi connectivity index (χ1n) is 8.34. The number of nitrogens with zero attached hydrogens (tertiary/aromatic N) is 1. The van der Waals surface area contributed by atoms with E-state index in [1.165, 1.54) is 0 Å². The molecule has 0 aromatic heterocycles. The zero-order valence-electron chi connectivity index (χ0n) is 15.0. The van der Waals surface area contributed by atoms with Crippen molar-refractivity contribution in [1.29, 1.82) is 0 Å². The predicted molar refractivity (Wildman–Crippen MR) is 106 cm³/mol. The summed E-state index contributed by atoms with van der Waals surface area (Å²) in [5.41, 5.74) is 1.36. The molecule has 26 heavy (non-hydrogen) atoms. The Labute approximate surface area is 160 Å². The van der Waals surface area contributed by atoms with Crippen LogP contribution >= 0.6 is 11.6 Å². The third kappa shape index (κ3) is 4.99. The summed E-state index contributed by atoms with van der Waals surface area (Å²) in [5.74, 6) is -0.343. The third-order valence-electron chi connectivity index (χ3n) is 4.07. The lowest BCUT2D eigenvalue weighted by atomic mass is 10.1. The van der Waals surface area contributed by atoms with Crippen LogP contribution in [0, 0.1) is 0 Å². The van der Waals surface area contributed by atoms with Crippen LogP contribution < -0.4 is 9.62 Å². The quantitative estimate of drug-likeness (QED) is 0.777. The van der Waals surface area contributed by atoms with Gasteiger partial charge in [0.1, 0.15) is 6.04 Å². The van der Waals surface area contributed by atoms with E-state index in [2.05, 4.69) is 5.32 Å². The van der Waals surface area contributed by atoms with Crippen LogP contribution in [0.2, 0.25) is 5.02 Å². The summed E-state index contributed by atoms with van der Waals surface area (Å²) in [6.07, 6.45) is 1.43. The van der Waals surface area contributed by atoms with Gasteiger partial charge in [-0.25, -0.2) is 8.42 Å². The maximum atomic E-state index is 12.8. The van der Waals surface area contributed by atoms with Gasteiger partial charge in [-0.15, -0.1) is 0 Å². The summed E-state index contributed by atoms with van der Waals surface area (Å²) in [5, 5.41) is 3.41. The average Bonchev–Trinajstić information content (AvgIpc) is 2.60. The molecule has 1 unspecified atom stereocenters. The number of hydrogen-bond acceptors (Lipinski definition) is 3. The van der Waals surface area contributed by atoms with Crippen LogP contribution in [0.1, 0.15) is 31.9 Å². The van der Waals surface area contributed by atoms with Gasteiger partial charge in [-0.1, -0.05) is 48.9 Å². The first-order valence-corrected chi connectivity index (χ1v) is 10.6. The number of sulfonamides is 1. The van der Waals surface area contributed by atoms with Gasteiger partial charge in [-0.3, -0.25) is 9.10 Å². The average molecular weight is 395 g/mol. The van der Waals surface area contributed by atoms with Crippen molar-refractivity contribution in [3.63, 3.8) is 0 Å². The molecule has 1 amide bonds. The van der Waals surface area contributed by atoms with Gasteiger partial charge < -0.3 is 5.32 Å². The Morgan fingerprint density at radius 3 is 2.19 bits per heavy atom. The molecule has 0 aliphatic heterocycles. The van der Waals surface area contributed by atoms with Gasteiger partial charge in [0.2, 0.25) is 15.9 Å². The van der Waals surface area contributed by atoms with Crippen molar-refractivity contribution in [2.24, 2.45) is 0 Å². The summed E-state index contributed by atoms with van der Waals surface area (Å²) in [7, 11) is -3.66. The van der Waals surface area contributed by atoms with Crippen molar-refractivity contribution in [3.8, 4) is 0 Å². The first-order chi connectivity index (χ1) is 12.2. The van der Waals surface area contributed by atoms with Crippen molar-refractivity contribution < 1.29 is 13.2 Å². The highest BCUT2D eigenvalue weighted by Crippen LogP contribution is 2.25. The lowest BCUT2D eigenvalue weighted by Gasteiger charge is -2.31. The van der Waals surface area contributed by atoms with Gasteiger partial charge in [-0.05, 0) is 43.2 Å². The minimum absolute atomic E-state index is 0.232. The fourth-order valence-electron chi connectivity index (χ4n) is 2.78. The highest BCUT2D eigenvalue weighted by molar-refractivity contribution is 7.92. The number of carbonyl (C=O) groups is 1. The number of benzene rings is 2. The van der Waals surface area contributed by atoms with Gasteiger partial charge in [0.25, 0.3) is 0 Å². The standard InChI is InChI=1S/C19H23ClN2O3S/c1-4-18(19(23)21-14(2)15-8-6-5-7-9-15)22(26(3,24)25)17-12-10-16(20)11-13-17/h5-14,18H,4H2,1-3H3,(H,21,23)/t14-,18?/m1/s1. The lowest BCUT2D eigenvalue weighted by Crippen LogP contribution is -2.49. The highest BCUT2D eigenvalue weighted by Gasteiger charge is 2.32. The number of halogens is 1. The molecule has 0 aliphatic carbocycles. The number of rotatable bonds is 7. The molecule has 2 rings (SSSR count). The molecule has 0 saturated carbocycles. The number of hydrogen-bond donors (Lipinski definition) is 1. The van der Waals surface area contributed by atoms with Gasteiger partial charge >= 0.3 is 0 Å². The molecule has 0 radical (unpaired) electrons. The third-order valence-corrected chi connectivity index (χ3v) is 5.50. The molecule has 2 aromatic rings. The Kier molecular flexibility index (Phi) is 6.67. The molecular formula is C19H23ClN2O3S. The van der Waals surface area contributed by atoms with Crippen LogP contribution in [-0.2, 0) is 14.8 Å². The highest BCUT2D eigenvalue weighted by atomic mass is 35.5. The van der Waals surface area contributed by atoms with Crippen molar-refractivity contribution in [3.05, 3.63) is 65.2 Å². The molecule has 0 saturated heterocycles. The molecule has 0 bridgehead atoms. The van der Waals surface area contributed by atoms with Crippen LogP contribution in [0.3, 0.4) is 0 Å². The zero-order chi connectivity index (χ0) is 19.3. The fourth-order valence-corrected chi connectivity index (χ4v) is 4.12. The van der Waals surface area contributed by atoms with Gasteiger partial charge in [0.05, 0.1) is 18.0 Å². The minimum Gasteiger partial charge on any atom is -0.348 e. The fraction of sp³-hybridized carbons (Fsp3) is 0.316. The Hall–Kier alpha value is -2.05. The largest absolute Gasteiger partial charge is 0.348 e. The lowest BCUT2D eigenvalue weighted by molar-refractivity contribution is -0.122. The molecule has 1 N–H and O–H groups in total. The Bertz CT molecular complexity index is 839. The normalized spacial score (nSPS) is 13.7. The van der Waals surface area contributed by atoms with E-state index in [4.69, 9.17) is 11.6 Å². The summed E-state index contributed by atoms with van der Waals surface area (Å²) >= 11 is 5.90. The van der Waals surface area contributed by atoms with Crippen LogP contribution in [0.15, 0.2) is 54.6 Å². The maximum Gasteiger partial charge on any atom is 0.244 e. The van der Waals surface area contributed by atoms with E-state index in [1.807, 2.05) is 37.3 Å². The molecule has 140 valence electrons. The van der Waals surface area contributed by atoms with E-state index in [9.17, 15) is 13.2 Å². The molecule has 2 aromatic carbocycles. The number of carbonyl (C=O) groups excluding carboxylic acids is 1. The summed E-state index contributed by atoms with van der Waals surface area (Å²) in [6.45, 7) is 3.65. The SMILES string of the molecule is CCC(C(=O)N[C@H](C)c1ccccc1)N(c1ccc(Cl)cc1)S(C)(=O)=O. The van der Waals surface area contributed by atoms with Crippen LogP contribution in [-0.4, -0.2) is 26.6 Å². The summed E-state index contributed by atoms with van der Waals surface area (Å²) in [4.78, 5) is 12.8. The molecule has 2 atom stereocenters. The monoisotopic (exact) mass is 394 g/mol. The Balaban J connectivity index is 2.29. The second-order valence-electron chi connectivity index (χ2n) is 6.10. The second kappa shape index (κ2) is 8.56. The predicted octanol–water partition coefficient (Wildman–Crippen LogP) is 3.76. The summed E-state index contributed by atoms with van der Waals surface area (Å²) in [6, 6.07) is 14.8. The maximum absolute atomic E-state index is 12.8. The van der Waals surface area contributed by atoms with Crippen molar-refractivity contribution in [2.45, 2.75) is 32.4 Å². The topological polar surface area (TPSA) is 66.5 Å². The number of anilines is 1. The van der Waals surface area contributed by atoms with Crippen LogP contribution in [0.4, 0.5) is 5.69 Å². The van der Waals surface area contributed by atoms with Crippen LogP contribution in [0.5, 0.6) is 0 Å². The second-order valence-corrected chi connectivity index (χ2v) is 8.40. The van der Waals surface area contributed by atoms with Gasteiger partial charge in [-0.2, -0.15) is 0 Å². The Morgan fingerprint density at radius 2 is 1.69 bits per heavy atom. The molecule has 7 heteroatoms. The molecule has 0 spiro atoms. The summed E-state index contributed by atoms with van der Waals surface area (Å²) < 4.78 is 25.9. The van der Waals surface area contributed by atoms with Gasteiger partial charge in [0, 0.05) is 5.02 Å². The number of nitrogens with one attached hydrogen (secondary N) is 1. The van der Waals surface area contributed by atoms with Crippen LogP contribution in [0.25, 0.3) is 0 Å². The van der Waals surface area contributed by atoms with Crippen molar-refractivity contribution in [2.75, 3.05) is 10.6 Å². The van der Waals surface area contributed by atoms with Gasteiger partial charge in [0.15, 0.2) is 0 Å². The van der Waals surface area contributed by atoms with E-state index < -0.39 is 16.1 Å². The molecule has 5 nitrogen and oxygen atoms in total. The number of amides is 1. The van der Waals surface area contributed by atoms with Crippen molar-refractivity contribution >= 4 is 33.2 Å². The molecular weight excluding hydrogens is 372 g/mol. The Morgan fingerprint density at radius 1 is 1.12 bits per heavy atom. The molecule has 0 aliphatic rings. The smallest absolute Gasteiger partial charge is 0.244 e. The van der Waals surface area contributed by atoms with E-state index >= 15 is 0 Å².